The number of aromatic nitrogens is 4. The molecule has 3 rings (SSSR count). The van der Waals surface area contributed by atoms with Crippen LogP contribution in [-0.2, 0) is 6.54 Å². The average molecular weight is 278 g/mol. The van der Waals surface area contributed by atoms with Crippen LogP contribution in [0.15, 0.2) is 30.7 Å². The second-order valence-electron chi connectivity index (χ2n) is 3.60. The monoisotopic (exact) mass is 277 g/mol. The zero-order valence-electron chi connectivity index (χ0n) is 9.17. The molecule has 0 saturated carbocycles. The van der Waals surface area contributed by atoms with Crippen molar-refractivity contribution in [3.8, 4) is 0 Å². The maximum atomic E-state index is 6.16. The maximum Gasteiger partial charge on any atom is 0.129 e. The van der Waals surface area contributed by atoms with Gasteiger partial charge in [-0.15, -0.1) is 0 Å². The second-order valence-corrected chi connectivity index (χ2v) is 4.54. The van der Waals surface area contributed by atoms with E-state index in [0.29, 0.717) is 11.6 Å². The number of nitrogens with one attached hydrogen (secondary N) is 1. The zero-order valence-corrected chi connectivity index (χ0v) is 10.7. The molecule has 0 saturated heterocycles. The van der Waals surface area contributed by atoms with E-state index in [1.807, 2.05) is 12.1 Å². The summed E-state index contributed by atoms with van der Waals surface area (Å²) in [5.74, 6) is 0. The Hall–Kier alpha value is -1.79. The van der Waals surface area contributed by atoms with Gasteiger partial charge in [-0.25, -0.2) is 0 Å². The van der Waals surface area contributed by atoms with Crippen molar-refractivity contribution in [2.75, 3.05) is 5.32 Å². The molecule has 1 N–H and O–H groups in total. The summed E-state index contributed by atoms with van der Waals surface area (Å²) in [5.41, 5.74) is 3.25. The molecule has 0 amide bonds. The average Bonchev–Trinajstić information content (AvgIpc) is 2.87. The lowest BCUT2D eigenvalue weighted by Gasteiger charge is -2.07. The summed E-state index contributed by atoms with van der Waals surface area (Å²) in [4.78, 5) is 8.20. The highest BCUT2D eigenvalue weighted by Gasteiger charge is 2.09. The first kappa shape index (κ1) is 11.3. The topological polar surface area (TPSA) is 63.6 Å². The number of fused-ring (bicyclic) bond motifs is 1. The Morgan fingerprint density at radius 2 is 2.17 bits per heavy atom. The van der Waals surface area contributed by atoms with Crippen LogP contribution < -0.4 is 5.32 Å². The predicted molar refractivity (Wildman–Crippen MR) is 71.8 cm³/mol. The summed E-state index contributed by atoms with van der Waals surface area (Å²) in [5, 5.41) is 3.85. The van der Waals surface area contributed by atoms with E-state index in [4.69, 9.17) is 11.6 Å². The third kappa shape index (κ3) is 2.12. The molecule has 0 aliphatic rings. The fraction of sp³-hybridized carbons (Fsp3) is 0.0909. The molecule has 1 aromatic carbocycles. The van der Waals surface area contributed by atoms with E-state index in [1.54, 1.807) is 18.6 Å². The molecular weight excluding hydrogens is 270 g/mol. The van der Waals surface area contributed by atoms with E-state index in [1.165, 1.54) is 11.7 Å². The van der Waals surface area contributed by atoms with Crippen molar-refractivity contribution in [3.63, 3.8) is 0 Å². The van der Waals surface area contributed by atoms with Crippen LogP contribution in [0.3, 0.4) is 0 Å². The highest BCUT2D eigenvalue weighted by molar-refractivity contribution is 7.00. The zero-order chi connectivity index (χ0) is 12.4. The molecule has 5 nitrogen and oxygen atoms in total. The number of rotatable bonds is 3. The summed E-state index contributed by atoms with van der Waals surface area (Å²) >= 11 is 7.34. The molecule has 90 valence electrons. The van der Waals surface area contributed by atoms with Crippen LogP contribution in [0.1, 0.15) is 5.69 Å². The number of anilines is 1. The molecule has 0 unspecified atom stereocenters. The van der Waals surface area contributed by atoms with Gasteiger partial charge in [0, 0.05) is 12.4 Å². The van der Waals surface area contributed by atoms with Crippen molar-refractivity contribution in [2.24, 2.45) is 0 Å². The van der Waals surface area contributed by atoms with Crippen molar-refractivity contribution in [1.29, 1.82) is 0 Å². The van der Waals surface area contributed by atoms with E-state index in [2.05, 4.69) is 24.0 Å². The fourth-order valence-electron chi connectivity index (χ4n) is 1.60. The smallest absolute Gasteiger partial charge is 0.129 e. The van der Waals surface area contributed by atoms with Crippen LogP contribution in [0, 0.1) is 0 Å². The van der Waals surface area contributed by atoms with E-state index in [-0.39, 0.29) is 0 Å². The van der Waals surface area contributed by atoms with Gasteiger partial charge >= 0.3 is 0 Å². The van der Waals surface area contributed by atoms with Gasteiger partial charge in [0.1, 0.15) is 11.0 Å². The van der Waals surface area contributed by atoms with Gasteiger partial charge in [0.2, 0.25) is 0 Å². The van der Waals surface area contributed by atoms with Crippen LogP contribution in [0.25, 0.3) is 11.0 Å². The van der Waals surface area contributed by atoms with Gasteiger partial charge in [0.15, 0.2) is 0 Å². The molecule has 0 atom stereocenters. The van der Waals surface area contributed by atoms with Gasteiger partial charge in [0.25, 0.3) is 0 Å². The lowest BCUT2D eigenvalue weighted by molar-refractivity contribution is 1.01. The largest absolute Gasteiger partial charge is 0.376 e. The first-order valence-electron chi connectivity index (χ1n) is 5.24. The first-order valence-corrected chi connectivity index (χ1v) is 6.35. The minimum atomic E-state index is 0.546. The molecule has 0 aliphatic carbocycles. The van der Waals surface area contributed by atoms with Crippen LogP contribution in [0.2, 0.25) is 5.02 Å². The molecule has 0 radical (unpaired) electrons. The van der Waals surface area contributed by atoms with Gasteiger partial charge in [-0.1, -0.05) is 11.6 Å². The van der Waals surface area contributed by atoms with Gasteiger partial charge < -0.3 is 5.32 Å². The third-order valence-corrected chi connectivity index (χ3v) is 3.30. The lowest BCUT2D eigenvalue weighted by atomic mass is 10.2. The predicted octanol–water partition coefficient (Wildman–Crippen LogP) is 2.75. The Labute approximate surface area is 112 Å². The first-order chi connectivity index (χ1) is 8.84. The van der Waals surface area contributed by atoms with Gasteiger partial charge in [-0.05, 0) is 12.1 Å². The fourth-order valence-corrected chi connectivity index (χ4v) is 2.36. The Bertz CT molecular complexity index is 670. The van der Waals surface area contributed by atoms with Crippen LogP contribution in [0.5, 0.6) is 0 Å². The molecule has 0 fully saturated rings. The Balaban J connectivity index is 1.90. The van der Waals surface area contributed by atoms with Crippen molar-refractivity contribution >= 4 is 40.0 Å². The van der Waals surface area contributed by atoms with Crippen LogP contribution in [-0.4, -0.2) is 18.7 Å². The van der Waals surface area contributed by atoms with Gasteiger partial charge in [0.05, 0.1) is 40.9 Å². The summed E-state index contributed by atoms with van der Waals surface area (Å²) in [6.45, 7) is 0.546. The SMILES string of the molecule is Clc1ccc2nsnc2c1NCc1cnccn1. The number of nitrogens with zero attached hydrogens (tertiary/aromatic N) is 4. The van der Waals surface area contributed by atoms with Crippen LogP contribution >= 0.6 is 23.3 Å². The third-order valence-electron chi connectivity index (χ3n) is 2.44. The van der Waals surface area contributed by atoms with Crippen LogP contribution in [0.4, 0.5) is 5.69 Å². The molecule has 0 bridgehead atoms. The van der Waals surface area contributed by atoms with Crippen molar-refractivity contribution in [2.45, 2.75) is 6.54 Å². The number of benzene rings is 1. The Morgan fingerprint density at radius 1 is 1.22 bits per heavy atom. The highest BCUT2D eigenvalue weighted by Crippen LogP contribution is 2.30. The second kappa shape index (κ2) is 4.83. The van der Waals surface area contributed by atoms with E-state index in [9.17, 15) is 0 Å². The minimum absolute atomic E-state index is 0.546. The highest BCUT2D eigenvalue weighted by atomic mass is 35.5. The number of hydrogen-bond donors (Lipinski definition) is 1. The van der Waals surface area contributed by atoms with E-state index in [0.717, 1.165) is 22.4 Å². The van der Waals surface area contributed by atoms with Gasteiger partial charge in [-0.3, -0.25) is 9.97 Å². The lowest BCUT2D eigenvalue weighted by Crippen LogP contribution is -2.02. The molecule has 7 heteroatoms. The molecule has 2 heterocycles. The van der Waals surface area contributed by atoms with Crippen molar-refractivity contribution in [1.82, 2.24) is 18.7 Å². The van der Waals surface area contributed by atoms with Crippen molar-refractivity contribution < 1.29 is 0 Å². The summed E-state index contributed by atoms with van der Waals surface area (Å²) in [7, 11) is 0. The Kier molecular flexibility index (Phi) is 3.04. The molecule has 0 aliphatic heterocycles. The summed E-state index contributed by atoms with van der Waals surface area (Å²) in [6, 6.07) is 3.67. The Morgan fingerprint density at radius 3 is 3.00 bits per heavy atom. The standard InChI is InChI=1S/C11H8ClN5S/c12-8-1-2-9-11(17-18-16-9)10(8)15-6-7-5-13-3-4-14-7/h1-5,15H,6H2. The quantitative estimate of drug-likeness (QED) is 0.797. The molecule has 2 aromatic heterocycles. The van der Waals surface area contributed by atoms with E-state index >= 15 is 0 Å². The number of hydrogen-bond acceptors (Lipinski definition) is 6. The van der Waals surface area contributed by atoms with Crippen molar-refractivity contribution in [3.05, 3.63) is 41.4 Å². The summed E-state index contributed by atoms with van der Waals surface area (Å²) < 4.78 is 8.42. The molecule has 18 heavy (non-hydrogen) atoms. The number of halogens is 1. The normalized spacial score (nSPS) is 10.7. The maximum absolute atomic E-state index is 6.16. The minimum Gasteiger partial charge on any atom is -0.376 e. The molecule has 0 spiro atoms. The van der Waals surface area contributed by atoms with Gasteiger partial charge in [-0.2, -0.15) is 8.75 Å². The molecule has 3 aromatic rings. The molecular formula is C11H8ClN5S. The van der Waals surface area contributed by atoms with E-state index < -0.39 is 0 Å². The summed E-state index contributed by atoms with van der Waals surface area (Å²) in [6.07, 6.45) is 5.01.